The maximum absolute atomic E-state index is 11.4. The van der Waals surface area contributed by atoms with Crippen LogP contribution < -0.4 is 10.5 Å². The highest BCUT2D eigenvalue weighted by Gasteiger charge is 2.43. The van der Waals surface area contributed by atoms with Crippen molar-refractivity contribution in [3.05, 3.63) is 47.8 Å². The van der Waals surface area contributed by atoms with Gasteiger partial charge in [-0.25, -0.2) is 0 Å². The fourth-order valence-electron chi connectivity index (χ4n) is 3.51. The van der Waals surface area contributed by atoms with Crippen molar-refractivity contribution in [3.8, 4) is 11.4 Å². The van der Waals surface area contributed by atoms with Crippen LogP contribution in [0.2, 0.25) is 0 Å². The van der Waals surface area contributed by atoms with Gasteiger partial charge in [-0.15, -0.1) is 0 Å². The topological polar surface area (TPSA) is 60.5 Å². The van der Waals surface area contributed by atoms with E-state index in [1.54, 1.807) is 12.1 Å². The quantitative estimate of drug-likeness (QED) is 0.874. The number of carbonyl (C=O) groups excluding carboxylic acids is 1. The Morgan fingerprint density at radius 1 is 1.27 bits per heavy atom. The van der Waals surface area contributed by atoms with Gasteiger partial charge in [0, 0.05) is 37.7 Å². The lowest BCUT2D eigenvalue weighted by Gasteiger charge is -2.44. The fraction of sp³-hybridized carbons (Fsp3) is 0.353. The summed E-state index contributed by atoms with van der Waals surface area (Å²) in [7, 11) is 2.13. The number of primary amides is 1. The lowest BCUT2D eigenvalue weighted by atomic mass is 9.86. The minimum absolute atomic E-state index is 0.306. The SMILES string of the molecule is CN1CCC2(CC1)Oc1cc(C(N)=O)ccc1-n1cccc12. The van der Waals surface area contributed by atoms with Crippen molar-refractivity contribution in [1.29, 1.82) is 0 Å². The number of nitrogens with zero attached hydrogens (tertiary/aromatic N) is 2. The predicted octanol–water partition coefficient (Wildman–Crippen LogP) is 1.89. The van der Waals surface area contributed by atoms with Crippen LogP contribution in [0, 0.1) is 0 Å². The number of nitrogens with two attached hydrogens (primary N) is 1. The molecule has 2 N–H and O–H groups in total. The molecule has 0 atom stereocenters. The molecule has 0 bridgehead atoms. The molecule has 2 aliphatic rings. The predicted molar refractivity (Wildman–Crippen MR) is 83.3 cm³/mol. The number of ether oxygens (including phenoxy) is 1. The summed E-state index contributed by atoms with van der Waals surface area (Å²) in [6, 6.07) is 9.61. The third kappa shape index (κ3) is 1.85. The molecule has 1 aromatic heterocycles. The van der Waals surface area contributed by atoms with Gasteiger partial charge in [0.15, 0.2) is 5.60 Å². The van der Waals surface area contributed by atoms with E-state index in [-0.39, 0.29) is 5.60 Å². The van der Waals surface area contributed by atoms with E-state index in [4.69, 9.17) is 10.5 Å². The van der Waals surface area contributed by atoms with Gasteiger partial charge in [0.1, 0.15) is 5.75 Å². The van der Waals surface area contributed by atoms with Gasteiger partial charge >= 0.3 is 0 Å². The second-order valence-corrected chi connectivity index (χ2v) is 6.21. The first-order chi connectivity index (χ1) is 10.6. The number of hydrogen-bond acceptors (Lipinski definition) is 3. The highest BCUT2D eigenvalue weighted by Crippen LogP contribution is 2.45. The first-order valence-electron chi connectivity index (χ1n) is 7.59. The van der Waals surface area contributed by atoms with Crippen molar-refractivity contribution in [2.24, 2.45) is 5.73 Å². The Hall–Kier alpha value is -2.27. The molecular weight excluding hydrogens is 278 g/mol. The van der Waals surface area contributed by atoms with Gasteiger partial charge < -0.3 is 19.9 Å². The summed E-state index contributed by atoms with van der Waals surface area (Å²) in [4.78, 5) is 13.8. The Bertz CT molecular complexity index is 742. The van der Waals surface area contributed by atoms with Gasteiger partial charge in [0.2, 0.25) is 5.91 Å². The summed E-state index contributed by atoms with van der Waals surface area (Å²) < 4.78 is 8.60. The molecule has 5 heteroatoms. The molecule has 22 heavy (non-hydrogen) atoms. The van der Waals surface area contributed by atoms with E-state index in [0.717, 1.165) is 37.4 Å². The molecule has 0 aliphatic carbocycles. The van der Waals surface area contributed by atoms with E-state index in [9.17, 15) is 4.79 Å². The zero-order valence-corrected chi connectivity index (χ0v) is 12.6. The second kappa shape index (κ2) is 4.61. The fourth-order valence-corrected chi connectivity index (χ4v) is 3.51. The summed E-state index contributed by atoms with van der Waals surface area (Å²) in [5.74, 6) is 0.312. The van der Waals surface area contributed by atoms with Gasteiger partial charge in [-0.2, -0.15) is 0 Å². The molecule has 0 saturated carbocycles. The molecule has 114 valence electrons. The number of hydrogen-bond donors (Lipinski definition) is 1. The Balaban J connectivity index is 1.84. The third-order valence-corrected chi connectivity index (χ3v) is 4.82. The smallest absolute Gasteiger partial charge is 0.248 e. The Morgan fingerprint density at radius 3 is 2.77 bits per heavy atom. The maximum atomic E-state index is 11.4. The number of benzene rings is 1. The van der Waals surface area contributed by atoms with E-state index in [1.807, 2.05) is 6.07 Å². The molecule has 0 unspecified atom stereocenters. The van der Waals surface area contributed by atoms with E-state index in [0.29, 0.717) is 5.56 Å². The number of fused-ring (bicyclic) bond motifs is 4. The molecule has 1 spiro atoms. The molecule has 0 radical (unpaired) electrons. The first-order valence-corrected chi connectivity index (χ1v) is 7.59. The van der Waals surface area contributed by atoms with Crippen LogP contribution in [0.15, 0.2) is 36.5 Å². The van der Waals surface area contributed by atoms with Gasteiger partial charge in [-0.1, -0.05) is 0 Å². The lowest BCUT2D eigenvalue weighted by molar-refractivity contribution is -0.00716. The minimum Gasteiger partial charge on any atom is -0.479 e. The number of piperidine rings is 1. The summed E-state index contributed by atoms with van der Waals surface area (Å²) in [5, 5.41) is 0. The van der Waals surface area contributed by atoms with Crippen molar-refractivity contribution in [1.82, 2.24) is 9.47 Å². The summed E-state index contributed by atoms with van der Waals surface area (Å²) in [5.41, 5.74) is 7.74. The van der Waals surface area contributed by atoms with Crippen molar-refractivity contribution >= 4 is 5.91 Å². The van der Waals surface area contributed by atoms with Crippen LogP contribution in [0.3, 0.4) is 0 Å². The molecule has 2 aliphatic heterocycles. The molecule has 1 amide bonds. The van der Waals surface area contributed by atoms with Gasteiger partial charge in [0.05, 0.1) is 11.4 Å². The zero-order valence-electron chi connectivity index (χ0n) is 12.6. The minimum atomic E-state index is -0.429. The van der Waals surface area contributed by atoms with Gasteiger partial charge in [0.25, 0.3) is 0 Å². The average Bonchev–Trinajstić information content (AvgIpc) is 3.00. The van der Waals surface area contributed by atoms with Crippen molar-refractivity contribution in [2.75, 3.05) is 20.1 Å². The Morgan fingerprint density at radius 2 is 2.05 bits per heavy atom. The van der Waals surface area contributed by atoms with E-state index >= 15 is 0 Å². The van der Waals surface area contributed by atoms with Crippen LogP contribution in [-0.2, 0) is 5.60 Å². The Kier molecular flexibility index (Phi) is 2.81. The number of likely N-dealkylation sites (tertiary alicyclic amines) is 1. The molecule has 1 fully saturated rings. The van der Waals surface area contributed by atoms with Gasteiger partial charge in [-0.3, -0.25) is 4.79 Å². The summed E-state index contributed by atoms with van der Waals surface area (Å²) >= 11 is 0. The number of aromatic nitrogens is 1. The van der Waals surface area contributed by atoms with Crippen LogP contribution in [0.5, 0.6) is 5.75 Å². The van der Waals surface area contributed by atoms with Crippen LogP contribution in [0.4, 0.5) is 0 Å². The van der Waals surface area contributed by atoms with Gasteiger partial charge in [-0.05, 0) is 37.4 Å². The molecule has 4 rings (SSSR count). The van der Waals surface area contributed by atoms with E-state index in [1.165, 1.54) is 5.69 Å². The van der Waals surface area contributed by atoms with Crippen LogP contribution in [-0.4, -0.2) is 35.5 Å². The monoisotopic (exact) mass is 297 g/mol. The molecule has 3 heterocycles. The van der Waals surface area contributed by atoms with Crippen LogP contribution in [0.25, 0.3) is 5.69 Å². The summed E-state index contributed by atoms with van der Waals surface area (Å²) in [6.07, 6.45) is 3.93. The second-order valence-electron chi connectivity index (χ2n) is 6.21. The normalized spacial score (nSPS) is 19.3. The van der Waals surface area contributed by atoms with Crippen molar-refractivity contribution in [2.45, 2.75) is 18.4 Å². The maximum Gasteiger partial charge on any atom is 0.248 e. The van der Waals surface area contributed by atoms with Crippen molar-refractivity contribution in [3.63, 3.8) is 0 Å². The highest BCUT2D eigenvalue weighted by atomic mass is 16.5. The van der Waals surface area contributed by atoms with E-state index in [2.05, 4.69) is 34.8 Å². The van der Waals surface area contributed by atoms with E-state index < -0.39 is 5.91 Å². The molecule has 5 nitrogen and oxygen atoms in total. The van der Waals surface area contributed by atoms with Crippen molar-refractivity contribution < 1.29 is 9.53 Å². The first kappa shape index (κ1) is 13.4. The molecule has 1 aromatic carbocycles. The average molecular weight is 297 g/mol. The molecule has 2 aromatic rings. The van der Waals surface area contributed by atoms with Crippen LogP contribution in [0.1, 0.15) is 28.9 Å². The zero-order chi connectivity index (χ0) is 15.3. The number of rotatable bonds is 1. The number of amides is 1. The lowest BCUT2D eigenvalue weighted by Crippen LogP contribution is -2.47. The highest BCUT2D eigenvalue weighted by molar-refractivity contribution is 5.93. The molecular formula is C17H19N3O2. The molecule has 1 saturated heterocycles. The number of carbonyl (C=O) groups is 1. The largest absolute Gasteiger partial charge is 0.479 e. The van der Waals surface area contributed by atoms with Crippen LogP contribution >= 0.6 is 0 Å². The Labute approximate surface area is 129 Å². The standard InChI is InChI=1S/C17H19N3O2/c1-19-9-6-17(7-10-19)15-3-2-8-20(15)13-5-4-12(16(18)21)11-14(13)22-17/h2-5,8,11H,6-7,9-10H2,1H3,(H2,18,21). The third-order valence-electron chi connectivity index (χ3n) is 4.82. The summed E-state index contributed by atoms with van der Waals surface area (Å²) in [6.45, 7) is 1.99.